The molecule has 1 unspecified atom stereocenters. The number of hydrogen-bond donors (Lipinski definition) is 1. The second-order valence-corrected chi connectivity index (χ2v) is 6.93. The molecule has 1 N–H and O–H groups in total. The summed E-state index contributed by atoms with van der Waals surface area (Å²) in [6.45, 7) is 2.95. The molecule has 1 aliphatic carbocycles. The van der Waals surface area contributed by atoms with Crippen molar-refractivity contribution >= 4 is 11.8 Å². The summed E-state index contributed by atoms with van der Waals surface area (Å²) in [5.74, 6) is 0.672. The van der Waals surface area contributed by atoms with Crippen molar-refractivity contribution in [2.24, 2.45) is 0 Å². The first-order chi connectivity index (χ1) is 10.8. The predicted molar refractivity (Wildman–Crippen MR) is 88.8 cm³/mol. The molecule has 0 amide bonds. The van der Waals surface area contributed by atoms with Crippen LogP contribution >= 0.6 is 11.8 Å². The number of aliphatic hydroxyl groups is 1. The number of benzene rings is 1. The topological polar surface area (TPSA) is 50.9 Å². The third-order valence-corrected chi connectivity index (χ3v) is 5.48. The van der Waals surface area contributed by atoms with Crippen molar-refractivity contribution in [3.8, 4) is 0 Å². The molecule has 2 aromatic rings. The van der Waals surface area contributed by atoms with Gasteiger partial charge in [-0.3, -0.25) is 0 Å². The second kappa shape index (κ2) is 7.29. The molecule has 0 saturated carbocycles. The molecular formula is C17H23N3OS. The molecule has 4 nitrogen and oxygen atoms in total. The molecule has 3 rings (SSSR count). The number of rotatable bonds is 5. The van der Waals surface area contributed by atoms with Crippen molar-refractivity contribution in [3.05, 3.63) is 41.2 Å². The van der Waals surface area contributed by atoms with E-state index in [0.29, 0.717) is 11.1 Å². The van der Waals surface area contributed by atoms with Gasteiger partial charge in [0.15, 0.2) is 11.0 Å². The standard InChI is InChI=1S/C17H23N3OS/c1-2-11-20-16(12-21)18-19-17(20)22-15-10-6-4-8-13-7-3-5-9-14(13)15/h3,5,7,9,15,21H,2,4,6,8,10-12H2,1H3. The van der Waals surface area contributed by atoms with Crippen molar-refractivity contribution in [2.75, 3.05) is 0 Å². The zero-order valence-corrected chi connectivity index (χ0v) is 13.9. The molecule has 1 heterocycles. The zero-order valence-electron chi connectivity index (χ0n) is 13.0. The lowest BCUT2D eigenvalue weighted by molar-refractivity contribution is 0.263. The van der Waals surface area contributed by atoms with Crippen LogP contribution in [0.2, 0.25) is 0 Å². The molecule has 1 aromatic carbocycles. The van der Waals surface area contributed by atoms with Crippen LogP contribution < -0.4 is 0 Å². The molecule has 1 aliphatic rings. The first-order valence-corrected chi connectivity index (χ1v) is 8.98. The minimum atomic E-state index is -0.0468. The average molecular weight is 317 g/mol. The van der Waals surface area contributed by atoms with Gasteiger partial charge in [0.1, 0.15) is 6.61 Å². The van der Waals surface area contributed by atoms with E-state index in [2.05, 4.69) is 46.0 Å². The van der Waals surface area contributed by atoms with Crippen LogP contribution in [-0.2, 0) is 19.6 Å². The minimum absolute atomic E-state index is 0.0468. The van der Waals surface area contributed by atoms with Gasteiger partial charge in [0.25, 0.3) is 0 Å². The molecule has 0 aliphatic heterocycles. The molecule has 0 fully saturated rings. The Labute approximate surface area is 136 Å². The highest BCUT2D eigenvalue weighted by molar-refractivity contribution is 7.99. The summed E-state index contributed by atoms with van der Waals surface area (Å²) in [4.78, 5) is 0. The Balaban J connectivity index is 1.88. The van der Waals surface area contributed by atoms with Gasteiger partial charge in [-0.25, -0.2) is 0 Å². The highest BCUT2D eigenvalue weighted by Crippen LogP contribution is 2.42. The summed E-state index contributed by atoms with van der Waals surface area (Å²) in [7, 11) is 0. The van der Waals surface area contributed by atoms with Gasteiger partial charge in [-0.05, 0) is 36.8 Å². The van der Waals surface area contributed by atoms with E-state index >= 15 is 0 Å². The van der Waals surface area contributed by atoms with Gasteiger partial charge in [0.2, 0.25) is 0 Å². The molecule has 0 spiro atoms. The van der Waals surface area contributed by atoms with Crippen molar-refractivity contribution in [1.82, 2.24) is 14.8 Å². The third kappa shape index (κ3) is 3.20. The largest absolute Gasteiger partial charge is 0.388 e. The third-order valence-electron chi connectivity index (χ3n) is 4.19. The summed E-state index contributed by atoms with van der Waals surface area (Å²) >= 11 is 1.80. The Morgan fingerprint density at radius 2 is 2.14 bits per heavy atom. The van der Waals surface area contributed by atoms with Crippen molar-refractivity contribution in [2.45, 2.75) is 62.6 Å². The monoisotopic (exact) mass is 317 g/mol. The van der Waals surface area contributed by atoms with Gasteiger partial charge in [0, 0.05) is 11.8 Å². The highest BCUT2D eigenvalue weighted by Gasteiger charge is 2.22. The van der Waals surface area contributed by atoms with Crippen molar-refractivity contribution in [1.29, 1.82) is 0 Å². The lowest BCUT2D eigenvalue weighted by atomic mass is 10.0. The molecule has 1 aromatic heterocycles. The lowest BCUT2D eigenvalue weighted by Crippen LogP contribution is -2.06. The molecule has 1 atom stereocenters. The first-order valence-electron chi connectivity index (χ1n) is 8.11. The Hall–Kier alpha value is -1.33. The maximum absolute atomic E-state index is 9.43. The average Bonchev–Trinajstić information content (AvgIpc) is 2.80. The number of fused-ring (bicyclic) bond motifs is 1. The summed E-state index contributed by atoms with van der Waals surface area (Å²) in [5, 5.41) is 19.3. The Bertz CT molecular complexity index is 626. The smallest absolute Gasteiger partial charge is 0.191 e. The summed E-state index contributed by atoms with van der Waals surface area (Å²) in [5.41, 5.74) is 2.92. The fourth-order valence-electron chi connectivity index (χ4n) is 3.10. The Kier molecular flexibility index (Phi) is 5.16. The Morgan fingerprint density at radius 3 is 2.95 bits per heavy atom. The SMILES string of the molecule is CCCn1c(CO)nnc1SC1CCCCc2ccccc21. The lowest BCUT2D eigenvalue weighted by Gasteiger charge is -2.17. The number of aryl methyl sites for hydroxylation is 1. The number of hydrogen-bond acceptors (Lipinski definition) is 4. The fraction of sp³-hybridized carbons (Fsp3) is 0.529. The van der Waals surface area contributed by atoms with E-state index in [1.54, 1.807) is 11.8 Å². The van der Waals surface area contributed by atoms with Crippen LogP contribution in [-0.4, -0.2) is 19.9 Å². The van der Waals surface area contributed by atoms with Crippen molar-refractivity contribution in [3.63, 3.8) is 0 Å². The number of nitrogens with zero attached hydrogens (tertiary/aromatic N) is 3. The molecule has 5 heteroatoms. The summed E-state index contributed by atoms with van der Waals surface area (Å²) < 4.78 is 2.07. The number of aliphatic hydroxyl groups excluding tert-OH is 1. The van der Waals surface area contributed by atoms with E-state index < -0.39 is 0 Å². The van der Waals surface area contributed by atoms with Gasteiger partial charge in [-0.15, -0.1) is 10.2 Å². The maximum atomic E-state index is 9.43. The summed E-state index contributed by atoms with van der Waals surface area (Å²) in [6, 6.07) is 8.78. The van der Waals surface area contributed by atoms with E-state index in [9.17, 15) is 5.11 Å². The molecule has 118 valence electrons. The second-order valence-electron chi connectivity index (χ2n) is 5.76. The van der Waals surface area contributed by atoms with Gasteiger partial charge >= 0.3 is 0 Å². The van der Waals surface area contributed by atoms with Crippen LogP contribution in [0.15, 0.2) is 29.4 Å². The van der Waals surface area contributed by atoms with Crippen LogP contribution in [0.3, 0.4) is 0 Å². The minimum Gasteiger partial charge on any atom is -0.388 e. The van der Waals surface area contributed by atoms with Crippen LogP contribution in [0, 0.1) is 0 Å². The normalized spacial score (nSPS) is 18.0. The molecule has 0 saturated heterocycles. The first kappa shape index (κ1) is 15.6. The van der Waals surface area contributed by atoms with Gasteiger partial charge < -0.3 is 9.67 Å². The number of thioether (sulfide) groups is 1. The molecule has 0 bridgehead atoms. The predicted octanol–water partition coefficient (Wildman–Crippen LogP) is 3.74. The van der Waals surface area contributed by atoms with Crippen molar-refractivity contribution < 1.29 is 5.11 Å². The Morgan fingerprint density at radius 1 is 1.27 bits per heavy atom. The molecule has 22 heavy (non-hydrogen) atoms. The van der Waals surface area contributed by atoms with Gasteiger partial charge in [-0.1, -0.05) is 49.4 Å². The van der Waals surface area contributed by atoms with Gasteiger partial charge in [-0.2, -0.15) is 0 Å². The highest BCUT2D eigenvalue weighted by atomic mass is 32.2. The van der Waals surface area contributed by atoms with Crippen LogP contribution in [0.4, 0.5) is 0 Å². The van der Waals surface area contributed by atoms with E-state index in [4.69, 9.17) is 0 Å². The quantitative estimate of drug-likeness (QED) is 0.854. The van der Waals surface area contributed by atoms with Crippen LogP contribution in [0.25, 0.3) is 0 Å². The van der Waals surface area contributed by atoms with Crippen LogP contribution in [0.1, 0.15) is 54.8 Å². The maximum Gasteiger partial charge on any atom is 0.191 e. The van der Waals surface area contributed by atoms with Crippen LogP contribution in [0.5, 0.6) is 0 Å². The van der Waals surface area contributed by atoms with E-state index in [1.165, 1.54) is 36.8 Å². The fourth-order valence-corrected chi connectivity index (χ4v) is 4.41. The van der Waals surface area contributed by atoms with Gasteiger partial charge in [0.05, 0.1) is 0 Å². The zero-order chi connectivity index (χ0) is 15.4. The molecule has 0 radical (unpaired) electrons. The van der Waals surface area contributed by atoms with E-state index in [0.717, 1.165) is 18.1 Å². The van der Waals surface area contributed by atoms with E-state index in [1.807, 2.05) is 0 Å². The molecular weight excluding hydrogens is 294 g/mol. The number of aromatic nitrogens is 3. The van der Waals surface area contributed by atoms with E-state index in [-0.39, 0.29) is 6.61 Å². The summed E-state index contributed by atoms with van der Waals surface area (Å²) in [6.07, 6.45) is 5.88.